The quantitative estimate of drug-likeness (QED) is 0.806. The van der Waals surface area contributed by atoms with Crippen molar-refractivity contribution in [3.05, 3.63) is 35.4 Å². The molecule has 0 saturated carbocycles. The van der Waals surface area contributed by atoms with E-state index in [0.29, 0.717) is 0 Å². The summed E-state index contributed by atoms with van der Waals surface area (Å²) in [6.45, 7) is 1.66. The Kier molecular flexibility index (Phi) is 4.32. The minimum atomic E-state index is -1.10. The SMILES string of the molecule is Cc1ccc(COC(=O)NCC(=O)O)cc1. The summed E-state index contributed by atoms with van der Waals surface area (Å²) in [7, 11) is 0. The van der Waals surface area contributed by atoms with Crippen molar-refractivity contribution in [2.45, 2.75) is 13.5 Å². The highest BCUT2D eigenvalue weighted by Crippen LogP contribution is 2.04. The first kappa shape index (κ1) is 12.0. The highest BCUT2D eigenvalue weighted by Gasteiger charge is 2.04. The topological polar surface area (TPSA) is 75.6 Å². The van der Waals surface area contributed by atoms with Crippen LogP contribution in [-0.4, -0.2) is 23.7 Å². The van der Waals surface area contributed by atoms with Gasteiger partial charge in [0.05, 0.1) is 0 Å². The van der Waals surface area contributed by atoms with Crippen LogP contribution in [0.3, 0.4) is 0 Å². The van der Waals surface area contributed by atoms with Crippen molar-refractivity contribution in [2.24, 2.45) is 0 Å². The highest BCUT2D eigenvalue weighted by molar-refractivity contribution is 5.76. The lowest BCUT2D eigenvalue weighted by Gasteiger charge is -2.05. The third-order valence-corrected chi connectivity index (χ3v) is 1.87. The lowest BCUT2D eigenvalue weighted by Crippen LogP contribution is -2.29. The molecule has 0 spiro atoms. The Morgan fingerprint density at radius 1 is 1.31 bits per heavy atom. The number of ether oxygens (including phenoxy) is 1. The molecule has 1 amide bonds. The van der Waals surface area contributed by atoms with Gasteiger partial charge >= 0.3 is 12.1 Å². The molecule has 5 heteroatoms. The Balaban J connectivity index is 2.31. The summed E-state index contributed by atoms with van der Waals surface area (Å²) in [5.41, 5.74) is 1.98. The van der Waals surface area contributed by atoms with Gasteiger partial charge in [-0.25, -0.2) is 4.79 Å². The van der Waals surface area contributed by atoms with E-state index in [-0.39, 0.29) is 6.61 Å². The average molecular weight is 223 g/mol. The van der Waals surface area contributed by atoms with Crippen LogP contribution in [0.15, 0.2) is 24.3 Å². The number of carbonyl (C=O) groups excluding carboxylic acids is 1. The molecule has 1 rings (SSSR count). The number of hydrogen-bond donors (Lipinski definition) is 2. The van der Waals surface area contributed by atoms with E-state index in [1.807, 2.05) is 31.2 Å². The maximum Gasteiger partial charge on any atom is 0.407 e. The zero-order valence-electron chi connectivity index (χ0n) is 8.90. The summed E-state index contributed by atoms with van der Waals surface area (Å²) >= 11 is 0. The lowest BCUT2D eigenvalue weighted by molar-refractivity contribution is -0.135. The number of nitrogens with one attached hydrogen (secondary N) is 1. The largest absolute Gasteiger partial charge is 0.480 e. The van der Waals surface area contributed by atoms with Gasteiger partial charge < -0.3 is 15.2 Å². The van der Waals surface area contributed by atoms with Crippen molar-refractivity contribution in [1.29, 1.82) is 0 Å². The van der Waals surface area contributed by atoms with Crippen LogP contribution in [0.4, 0.5) is 4.79 Å². The molecule has 5 nitrogen and oxygen atoms in total. The number of aryl methyl sites for hydroxylation is 1. The predicted molar refractivity (Wildman–Crippen MR) is 57.0 cm³/mol. The molecule has 0 saturated heterocycles. The molecular weight excluding hydrogens is 210 g/mol. The van der Waals surface area contributed by atoms with Gasteiger partial charge in [0.25, 0.3) is 0 Å². The van der Waals surface area contributed by atoms with E-state index in [9.17, 15) is 9.59 Å². The second-order valence-electron chi connectivity index (χ2n) is 3.31. The van der Waals surface area contributed by atoms with Crippen LogP contribution < -0.4 is 5.32 Å². The Morgan fingerprint density at radius 3 is 2.50 bits per heavy atom. The van der Waals surface area contributed by atoms with Crippen LogP contribution in [-0.2, 0) is 16.1 Å². The molecule has 1 aromatic carbocycles. The van der Waals surface area contributed by atoms with Crippen LogP contribution in [0.25, 0.3) is 0 Å². The fourth-order valence-electron chi connectivity index (χ4n) is 1.03. The number of carbonyl (C=O) groups is 2. The van der Waals surface area contributed by atoms with Crippen molar-refractivity contribution < 1.29 is 19.4 Å². The first-order chi connectivity index (χ1) is 7.58. The Hall–Kier alpha value is -2.04. The number of carboxylic acids is 1. The van der Waals surface area contributed by atoms with Crippen LogP contribution >= 0.6 is 0 Å². The second-order valence-corrected chi connectivity index (χ2v) is 3.31. The van der Waals surface area contributed by atoms with Gasteiger partial charge in [-0.05, 0) is 12.5 Å². The summed E-state index contributed by atoms with van der Waals surface area (Å²) in [4.78, 5) is 21.1. The summed E-state index contributed by atoms with van der Waals surface area (Å²) in [6, 6.07) is 7.52. The zero-order chi connectivity index (χ0) is 12.0. The molecule has 16 heavy (non-hydrogen) atoms. The first-order valence-electron chi connectivity index (χ1n) is 4.76. The third-order valence-electron chi connectivity index (χ3n) is 1.87. The van der Waals surface area contributed by atoms with Crippen molar-refractivity contribution >= 4 is 12.1 Å². The lowest BCUT2D eigenvalue weighted by atomic mass is 10.2. The fourth-order valence-corrected chi connectivity index (χ4v) is 1.03. The van der Waals surface area contributed by atoms with Crippen molar-refractivity contribution in [1.82, 2.24) is 5.32 Å². The van der Waals surface area contributed by atoms with Gasteiger partial charge in [-0.15, -0.1) is 0 Å². The van der Waals surface area contributed by atoms with Gasteiger partial charge in [0.2, 0.25) is 0 Å². The maximum absolute atomic E-state index is 11.0. The molecule has 0 heterocycles. The van der Waals surface area contributed by atoms with Crippen molar-refractivity contribution in [2.75, 3.05) is 6.54 Å². The average Bonchev–Trinajstić information content (AvgIpc) is 2.25. The Labute approximate surface area is 93.0 Å². The molecule has 0 bridgehead atoms. The normalized spacial score (nSPS) is 9.56. The third kappa shape index (κ3) is 4.45. The Morgan fingerprint density at radius 2 is 1.94 bits per heavy atom. The van der Waals surface area contributed by atoms with Crippen molar-refractivity contribution in [3.8, 4) is 0 Å². The molecule has 0 aliphatic rings. The van der Waals surface area contributed by atoms with E-state index in [2.05, 4.69) is 5.32 Å². The zero-order valence-corrected chi connectivity index (χ0v) is 8.90. The number of aliphatic carboxylic acids is 1. The van der Waals surface area contributed by atoms with Crippen LogP contribution in [0.5, 0.6) is 0 Å². The van der Waals surface area contributed by atoms with Gasteiger partial charge in [-0.2, -0.15) is 0 Å². The van der Waals surface area contributed by atoms with Gasteiger partial charge in [0.15, 0.2) is 0 Å². The summed E-state index contributed by atoms with van der Waals surface area (Å²) in [6.07, 6.45) is -0.733. The number of carboxylic acid groups (broad SMARTS) is 1. The standard InChI is InChI=1S/C11H13NO4/c1-8-2-4-9(5-3-8)7-16-11(15)12-6-10(13)14/h2-5H,6-7H2,1H3,(H,12,15)(H,13,14). The molecule has 0 aromatic heterocycles. The van der Waals surface area contributed by atoms with Gasteiger partial charge in [-0.1, -0.05) is 29.8 Å². The molecule has 0 radical (unpaired) electrons. The first-order valence-corrected chi connectivity index (χ1v) is 4.76. The monoisotopic (exact) mass is 223 g/mol. The van der Waals surface area contributed by atoms with E-state index >= 15 is 0 Å². The summed E-state index contributed by atoms with van der Waals surface area (Å²) in [5, 5.41) is 10.4. The van der Waals surface area contributed by atoms with Crippen LogP contribution in [0.2, 0.25) is 0 Å². The minimum Gasteiger partial charge on any atom is -0.480 e. The Bertz CT molecular complexity index is 372. The summed E-state index contributed by atoms with van der Waals surface area (Å²) in [5.74, 6) is -1.10. The maximum atomic E-state index is 11.0. The second kappa shape index (κ2) is 5.75. The number of hydrogen-bond acceptors (Lipinski definition) is 3. The molecule has 2 N–H and O–H groups in total. The molecular formula is C11H13NO4. The molecule has 0 fully saturated rings. The van der Waals surface area contributed by atoms with E-state index in [0.717, 1.165) is 11.1 Å². The molecule has 86 valence electrons. The fraction of sp³-hybridized carbons (Fsp3) is 0.273. The number of benzene rings is 1. The number of rotatable bonds is 4. The predicted octanol–water partition coefficient (Wildman–Crippen LogP) is 1.31. The molecule has 1 aromatic rings. The van der Waals surface area contributed by atoms with Gasteiger partial charge in [-0.3, -0.25) is 4.79 Å². The molecule has 0 aliphatic carbocycles. The van der Waals surface area contributed by atoms with E-state index in [4.69, 9.17) is 9.84 Å². The molecule has 0 aliphatic heterocycles. The number of alkyl carbamates (subject to hydrolysis) is 1. The highest BCUT2D eigenvalue weighted by atomic mass is 16.5. The van der Waals surface area contributed by atoms with Crippen molar-refractivity contribution in [3.63, 3.8) is 0 Å². The molecule has 0 atom stereocenters. The summed E-state index contributed by atoms with van der Waals surface area (Å²) < 4.78 is 4.80. The minimum absolute atomic E-state index is 0.131. The van der Waals surface area contributed by atoms with Crippen LogP contribution in [0.1, 0.15) is 11.1 Å². The van der Waals surface area contributed by atoms with E-state index in [1.54, 1.807) is 0 Å². The van der Waals surface area contributed by atoms with Gasteiger partial charge in [0, 0.05) is 0 Å². The van der Waals surface area contributed by atoms with Crippen LogP contribution in [0, 0.1) is 6.92 Å². The van der Waals surface area contributed by atoms with Gasteiger partial charge in [0.1, 0.15) is 13.2 Å². The smallest absolute Gasteiger partial charge is 0.407 e. The molecule has 0 unspecified atom stereocenters. The van der Waals surface area contributed by atoms with E-state index < -0.39 is 18.6 Å². The number of amides is 1. The van der Waals surface area contributed by atoms with E-state index in [1.165, 1.54) is 0 Å².